The molecule has 0 aliphatic carbocycles. The van der Waals surface area contributed by atoms with Crippen LogP contribution in [0.4, 0.5) is 0 Å². The summed E-state index contributed by atoms with van der Waals surface area (Å²) in [4.78, 5) is 0. The van der Waals surface area contributed by atoms with Crippen LogP contribution in [0.2, 0.25) is 0 Å². The number of unbranched alkanes of at least 4 members (excludes halogenated alkanes) is 11. The molecule has 0 aliphatic rings. The van der Waals surface area contributed by atoms with Crippen LogP contribution in [-0.2, 0) is 0 Å². The van der Waals surface area contributed by atoms with Gasteiger partial charge in [-0.2, -0.15) is 0 Å². The molecule has 0 unspecified atom stereocenters. The van der Waals surface area contributed by atoms with Gasteiger partial charge in [0.25, 0.3) is 0 Å². The van der Waals surface area contributed by atoms with E-state index in [1.807, 2.05) is 0 Å². The third kappa shape index (κ3) is 12.8. The zero-order valence-corrected chi connectivity index (χ0v) is 17.3. The minimum absolute atomic E-state index is 0. The lowest BCUT2D eigenvalue weighted by molar-refractivity contribution is -0.935. The van der Waals surface area contributed by atoms with Crippen molar-refractivity contribution in [1.29, 1.82) is 0 Å². The fourth-order valence-electron chi connectivity index (χ4n) is 2.68. The Morgan fingerprint density at radius 1 is 0.591 bits per heavy atom. The second kappa shape index (κ2) is 13.7. The van der Waals surface area contributed by atoms with Crippen LogP contribution in [0.5, 0.6) is 0 Å². The largest absolute Gasteiger partial charge is 1.00 e. The van der Waals surface area contributed by atoms with E-state index in [-0.39, 0.29) is 12.4 Å². The van der Waals surface area contributed by atoms with Crippen molar-refractivity contribution < 1.29 is 16.9 Å². The van der Waals surface area contributed by atoms with Crippen LogP contribution in [0.1, 0.15) is 105 Å². The topological polar surface area (TPSA) is 0 Å². The first-order chi connectivity index (χ1) is 9.81. The van der Waals surface area contributed by atoms with Crippen LogP contribution in [0.25, 0.3) is 0 Å². The van der Waals surface area contributed by atoms with Crippen LogP contribution in [-0.4, -0.2) is 30.7 Å². The van der Waals surface area contributed by atoms with Crippen molar-refractivity contribution in [2.45, 2.75) is 110 Å². The van der Waals surface area contributed by atoms with Gasteiger partial charge in [-0.05, 0) is 33.6 Å². The summed E-state index contributed by atoms with van der Waals surface area (Å²) >= 11 is 0. The van der Waals surface area contributed by atoms with Crippen molar-refractivity contribution in [3.63, 3.8) is 0 Å². The summed E-state index contributed by atoms with van der Waals surface area (Å²) in [7, 11) is 4.75. The van der Waals surface area contributed by atoms with Crippen LogP contribution < -0.4 is 12.4 Å². The molecule has 136 valence electrons. The number of hydrogen-bond acceptors (Lipinski definition) is 0. The zero-order valence-electron chi connectivity index (χ0n) is 16.5. The van der Waals surface area contributed by atoms with Crippen molar-refractivity contribution >= 4 is 0 Å². The lowest BCUT2D eigenvalue weighted by Gasteiger charge is -2.42. The standard InChI is InChI=1S/C20H44N.ClH/c1-7-8-9-10-11-12-13-14-15-16-17-18-19-21(5,6)20(2,3)4;/h7-19H2,1-6H3;1H/q+1;/p-1. The van der Waals surface area contributed by atoms with E-state index in [1.54, 1.807) is 0 Å². The minimum Gasteiger partial charge on any atom is -1.00 e. The molecule has 0 aromatic carbocycles. The Morgan fingerprint density at radius 2 is 0.909 bits per heavy atom. The molecule has 0 atom stereocenters. The predicted molar refractivity (Wildman–Crippen MR) is 97.8 cm³/mol. The van der Waals surface area contributed by atoms with E-state index in [0.717, 1.165) is 4.48 Å². The SMILES string of the molecule is CCCCCCCCCCCCCC[N+](C)(C)C(C)(C)C.[Cl-]. The molecule has 0 fully saturated rings. The maximum absolute atomic E-state index is 2.37. The van der Waals surface area contributed by atoms with Crippen LogP contribution in [0.15, 0.2) is 0 Å². The molecule has 0 rings (SSSR count). The molecule has 0 amide bonds. The number of nitrogens with zero attached hydrogens (tertiary/aromatic N) is 1. The monoisotopic (exact) mass is 333 g/mol. The predicted octanol–water partition coefficient (Wildman–Crippen LogP) is 3.57. The van der Waals surface area contributed by atoms with Gasteiger partial charge in [-0.25, -0.2) is 0 Å². The summed E-state index contributed by atoms with van der Waals surface area (Å²) in [5, 5.41) is 0. The Labute approximate surface area is 148 Å². The Morgan fingerprint density at radius 3 is 1.23 bits per heavy atom. The summed E-state index contributed by atoms with van der Waals surface area (Å²) < 4.78 is 1.14. The molecule has 0 aliphatic heterocycles. The van der Waals surface area contributed by atoms with Gasteiger partial charge in [0.15, 0.2) is 0 Å². The Bertz CT molecular complexity index is 230. The summed E-state index contributed by atoms with van der Waals surface area (Å²) in [6, 6.07) is 0. The van der Waals surface area contributed by atoms with Crippen molar-refractivity contribution in [2.75, 3.05) is 20.6 Å². The molecule has 0 bridgehead atoms. The van der Waals surface area contributed by atoms with Gasteiger partial charge in [0.05, 0.1) is 26.2 Å². The molecular formula is C20H44ClN. The van der Waals surface area contributed by atoms with Gasteiger partial charge in [0.1, 0.15) is 0 Å². The molecule has 0 aromatic heterocycles. The second-order valence-corrected chi connectivity index (χ2v) is 8.47. The molecule has 22 heavy (non-hydrogen) atoms. The van der Waals surface area contributed by atoms with E-state index in [0.29, 0.717) is 5.54 Å². The first-order valence-corrected chi connectivity index (χ1v) is 9.64. The lowest BCUT2D eigenvalue weighted by atomic mass is 10.0. The van der Waals surface area contributed by atoms with Crippen molar-refractivity contribution in [3.8, 4) is 0 Å². The third-order valence-corrected chi connectivity index (χ3v) is 5.39. The fraction of sp³-hybridized carbons (Fsp3) is 1.00. The molecule has 0 radical (unpaired) electrons. The van der Waals surface area contributed by atoms with Gasteiger partial charge in [0, 0.05) is 0 Å². The normalized spacial score (nSPS) is 12.3. The average molecular weight is 334 g/mol. The van der Waals surface area contributed by atoms with E-state index in [2.05, 4.69) is 41.8 Å². The van der Waals surface area contributed by atoms with Gasteiger partial charge in [-0.15, -0.1) is 0 Å². The Kier molecular flexibility index (Phi) is 15.2. The van der Waals surface area contributed by atoms with Gasteiger partial charge in [-0.3, -0.25) is 0 Å². The van der Waals surface area contributed by atoms with E-state index < -0.39 is 0 Å². The number of halogens is 1. The van der Waals surface area contributed by atoms with Gasteiger partial charge in [0.2, 0.25) is 0 Å². The Hall–Kier alpha value is 0.250. The van der Waals surface area contributed by atoms with Crippen molar-refractivity contribution in [2.24, 2.45) is 0 Å². The smallest absolute Gasteiger partial charge is 0.0903 e. The molecule has 2 heteroatoms. The minimum atomic E-state index is 0. The van der Waals surface area contributed by atoms with Crippen LogP contribution >= 0.6 is 0 Å². The molecule has 0 heterocycles. The molecule has 0 aromatic rings. The molecule has 0 saturated carbocycles. The van der Waals surface area contributed by atoms with Crippen LogP contribution in [0.3, 0.4) is 0 Å². The highest BCUT2D eigenvalue weighted by Gasteiger charge is 2.30. The van der Waals surface area contributed by atoms with E-state index in [9.17, 15) is 0 Å². The number of quaternary nitrogens is 1. The average Bonchev–Trinajstić information content (AvgIpc) is 2.38. The first kappa shape index (κ1) is 24.5. The van der Waals surface area contributed by atoms with E-state index in [1.165, 1.54) is 83.6 Å². The molecule has 0 saturated heterocycles. The third-order valence-electron chi connectivity index (χ3n) is 5.39. The quantitative estimate of drug-likeness (QED) is 0.357. The highest BCUT2D eigenvalue weighted by atomic mass is 35.5. The second-order valence-electron chi connectivity index (χ2n) is 8.47. The highest BCUT2D eigenvalue weighted by Crippen LogP contribution is 2.20. The Balaban J connectivity index is 0. The number of rotatable bonds is 13. The van der Waals surface area contributed by atoms with Crippen molar-refractivity contribution in [1.82, 2.24) is 0 Å². The summed E-state index contributed by atoms with van der Waals surface area (Å²) in [6.45, 7) is 10.7. The number of hydrogen-bond donors (Lipinski definition) is 0. The van der Waals surface area contributed by atoms with E-state index in [4.69, 9.17) is 0 Å². The maximum atomic E-state index is 2.37. The summed E-state index contributed by atoms with van der Waals surface area (Å²) in [6.07, 6.45) is 17.3. The molecule has 0 N–H and O–H groups in total. The first-order valence-electron chi connectivity index (χ1n) is 9.64. The van der Waals surface area contributed by atoms with E-state index >= 15 is 0 Å². The van der Waals surface area contributed by atoms with Gasteiger partial charge in [-0.1, -0.05) is 71.1 Å². The summed E-state index contributed by atoms with van der Waals surface area (Å²) in [5.74, 6) is 0. The molecule has 1 nitrogen and oxygen atoms in total. The van der Waals surface area contributed by atoms with Crippen molar-refractivity contribution in [3.05, 3.63) is 0 Å². The van der Waals surface area contributed by atoms with Gasteiger partial charge < -0.3 is 16.9 Å². The maximum Gasteiger partial charge on any atom is 0.0903 e. The summed E-state index contributed by atoms with van der Waals surface area (Å²) in [5.41, 5.74) is 0.373. The zero-order chi connectivity index (χ0) is 16.2. The fourth-order valence-corrected chi connectivity index (χ4v) is 2.68. The lowest BCUT2D eigenvalue weighted by Crippen LogP contribution is -3.00. The molecular weight excluding hydrogens is 290 g/mol. The highest BCUT2D eigenvalue weighted by molar-refractivity contribution is 4.60. The van der Waals surface area contributed by atoms with Gasteiger partial charge >= 0.3 is 0 Å². The van der Waals surface area contributed by atoms with Crippen LogP contribution in [0, 0.1) is 0 Å². The molecule has 0 spiro atoms.